The van der Waals surface area contributed by atoms with Crippen LogP contribution in [0, 0.1) is 5.92 Å². The van der Waals surface area contributed by atoms with Crippen molar-refractivity contribution in [1.82, 2.24) is 0 Å². The largest absolute Gasteiger partial charge is 0.462 e. The number of carbonyl (C=O) groups is 1. The van der Waals surface area contributed by atoms with Gasteiger partial charge in [-0.05, 0) is 30.5 Å². The number of benzene rings is 1. The zero-order chi connectivity index (χ0) is 15.5. The Morgan fingerprint density at radius 1 is 1.48 bits per heavy atom. The first-order chi connectivity index (χ1) is 9.91. The second-order valence-electron chi connectivity index (χ2n) is 5.05. The van der Waals surface area contributed by atoms with Crippen molar-refractivity contribution in [3.05, 3.63) is 29.3 Å². The molecule has 1 fully saturated rings. The Kier molecular flexibility index (Phi) is 4.97. The van der Waals surface area contributed by atoms with Crippen molar-refractivity contribution >= 4 is 16.0 Å². The van der Waals surface area contributed by atoms with Crippen LogP contribution in [-0.2, 0) is 25.9 Å². The Hall–Kier alpha value is -1.44. The first-order valence-electron chi connectivity index (χ1n) is 6.82. The van der Waals surface area contributed by atoms with Gasteiger partial charge in [-0.3, -0.25) is 0 Å². The number of hydrogen-bond donors (Lipinski definition) is 1. The smallest absolute Gasteiger partial charge is 0.338 e. The van der Waals surface area contributed by atoms with Gasteiger partial charge in [0.25, 0.3) is 0 Å². The molecular formula is C14H19NO5S. The van der Waals surface area contributed by atoms with E-state index in [0.29, 0.717) is 19.6 Å². The molecule has 0 amide bonds. The SMILES string of the molecule is CCc1ccc(S(N)(=O)=O)cc1C(=O)OCC1CCOC1. The molecule has 2 N–H and O–H groups in total. The second-order valence-corrected chi connectivity index (χ2v) is 6.61. The van der Waals surface area contributed by atoms with E-state index in [1.165, 1.54) is 12.1 Å². The number of nitrogens with two attached hydrogens (primary N) is 1. The van der Waals surface area contributed by atoms with Crippen molar-refractivity contribution < 1.29 is 22.7 Å². The van der Waals surface area contributed by atoms with Crippen LogP contribution < -0.4 is 5.14 Å². The molecule has 1 heterocycles. The number of rotatable bonds is 5. The van der Waals surface area contributed by atoms with E-state index >= 15 is 0 Å². The van der Waals surface area contributed by atoms with Crippen LogP contribution >= 0.6 is 0 Å². The molecule has 1 unspecified atom stereocenters. The van der Waals surface area contributed by atoms with E-state index in [9.17, 15) is 13.2 Å². The molecule has 7 heteroatoms. The van der Waals surface area contributed by atoms with E-state index in [4.69, 9.17) is 14.6 Å². The summed E-state index contributed by atoms with van der Waals surface area (Å²) in [6.07, 6.45) is 1.47. The highest BCUT2D eigenvalue weighted by Gasteiger charge is 2.20. The maximum Gasteiger partial charge on any atom is 0.338 e. The quantitative estimate of drug-likeness (QED) is 0.821. The molecule has 2 rings (SSSR count). The molecule has 1 aromatic rings. The molecule has 116 valence electrons. The average Bonchev–Trinajstić information content (AvgIpc) is 2.96. The van der Waals surface area contributed by atoms with E-state index in [-0.39, 0.29) is 23.0 Å². The van der Waals surface area contributed by atoms with Gasteiger partial charge in [0.2, 0.25) is 10.0 Å². The second kappa shape index (κ2) is 6.55. The standard InChI is InChI=1S/C14H19NO5S/c1-2-11-3-4-12(21(15,17)18)7-13(11)14(16)20-9-10-5-6-19-8-10/h3-4,7,10H,2,5-6,8-9H2,1H3,(H2,15,17,18). The highest BCUT2D eigenvalue weighted by molar-refractivity contribution is 7.89. The Morgan fingerprint density at radius 2 is 2.24 bits per heavy atom. The average molecular weight is 313 g/mol. The molecule has 1 saturated heterocycles. The predicted molar refractivity (Wildman–Crippen MR) is 76.4 cm³/mol. The van der Waals surface area contributed by atoms with Gasteiger partial charge < -0.3 is 9.47 Å². The summed E-state index contributed by atoms with van der Waals surface area (Å²) in [7, 11) is -3.84. The number of carbonyl (C=O) groups excluding carboxylic acids is 1. The van der Waals surface area contributed by atoms with Gasteiger partial charge in [0, 0.05) is 12.5 Å². The molecule has 0 bridgehead atoms. The van der Waals surface area contributed by atoms with Gasteiger partial charge in [-0.25, -0.2) is 18.4 Å². The lowest BCUT2D eigenvalue weighted by atomic mass is 10.1. The normalized spacial score (nSPS) is 18.7. The highest BCUT2D eigenvalue weighted by atomic mass is 32.2. The molecule has 0 radical (unpaired) electrons. The molecule has 0 aliphatic carbocycles. The monoisotopic (exact) mass is 313 g/mol. The number of hydrogen-bond acceptors (Lipinski definition) is 5. The maximum atomic E-state index is 12.2. The van der Waals surface area contributed by atoms with Gasteiger partial charge in [0.05, 0.1) is 23.7 Å². The van der Waals surface area contributed by atoms with Crippen LogP contribution in [0.25, 0.3) is 0 Å². The third-order valence-corrected chi connectivity index (χ3v) is 4.40. The third-order valence-electron chi connectivity index (χ3n) is 3.48. The Bertz CT molecular complexity index is 620. The molecule has 1 atom stereocenters. The third kappa shape index (κ3) is 4.03. The van der Waals surface area contributed by atoms with E-state index in [0.717, 1.165) is 12.0 Å². The Balaban J connectivity index is 2.17. The van der Waals surface area contributed by atoms with Gasteiger partial charge in [-0.1, -0.05) is 13.0 Å². The van der Waals surface area contributed by atoms with Crippen molar-refractivity contribution in [3.8, 4) is 0 Å². The fourth-order valence-corrected chi connectivity index (χ4v) is 2.76. The molecule has 21 heavy (non-hydrogen) atoms. The lowest BCUT2D eigenvalue weighted by Crippen LogP contribution is -2.17. The zero-order valence-electron chi connectivity index (χ0n) is 11.9. The minimum absolute atomic E-state index is 0.0872. The predicted octanol–water partition coefficient (Wildman–Crippen LogP) is 1.09. The van der Waals surface area contributed by atoms with Crippen LogP contribution in [0.4, 0.5) is 0 Å². The minimum Gasteiger partial charge on any atom is -0.462 e. The number of esters is 1. The summed E-state index contributed by atoms with van der Waals surface area (Å²) in [5.74, 6) is -0.315. The van der Waals surface area contributed by atoms with Crippen LogP contribution in [0.3, 0.4) is 0 Å². The lowest BCUT2D eigenvalue weighted by Gasteiger charge is -2.12. The van der Waals surface area contributed by atoms with Crippen molar-refractivity contribution in [2.24, 2.45) is 11.1 Å². The van der Waals surface area contributed by atoms with Gasteiger partial charge in [0.15, 0.2) is 0 Å². The molecule has 1 aromatic carbocycles. The summed E-state index contributed by atoms with van der Waals surface area (Å²) in [6, 6.07) is 4.27. The van der Waals surface area contributed by atoms with Gasteiger partial charge in [-0.15, -0.1) is 0 Å². The van der Waals surface area contributed by atoms with Crippen LogP contribution in [0.5, 0.6) is 0 Å². The van der Waals surface area contributed by atoms with E-state index in [2.05, 4.69) is 0 Å². The summed E-state index contributed by atoms with van der Waals surface area (Å²) in [5.41, 5.74) is 0.984. The minimum atomic E-state index is -3.84. The van der Waals surface area contributed by atoms with Crippen LogP contribution in [0.2, 0.25) is 0 Å². The molecule has 1 aliphatic rings. The molecule has 1 aliphatic heterocycles. The first kappa shape index (κ1) is 15.9. The molecule has 0 saturated carbocycles. The summed E-state index contributed by atoms with van der Waals surface area (Å²) in [5, 5.41) is 5.09. The van der Waals surface area contributed by atoms with Crippen molar-refractivity contribution in [2.75, 3.05) is 19.8 Å². The summed E-state index contributed by atoms with van der Waals surface area (Å²) < 4.78 is 33.3. The topological polar surface area (TPSA) is 95.7 Å². The van der Waals surface area contributed by atoms with Gasteiger partial charge in [-0.2, -0.15) is 0 Å². The summed E-state index contributed by atoms with van der Waals surface area (Å²) >= 11 is 0. The zero-order valence-corrected chi connectivity index (χ0v) is 12.7. The van der Waals surface area contributed by atoms with Gasteiger partial charge in [0.1, 0.15) is 0 Å². The molecule has 6 nitrogen and oxygen atoms in total. The van der Waals surface area contributed by atoms with E-state index in [1.54, 1.807) is 6.07 Å². The van der Waals surface area contributed by atoms with Crippen LogP contribution in [0.15, 0.2) is 23.1 Å². The Morgan fingerprint density at radius 3 is 2.81 bits per heavy atom. The number of sulfonamides is 1. The summed E-state index contributed by atoms with van der Waals surface area (Å²) in [6.45, 7) is 3.43. The van der Waals surface area contributed by atoms with E-state index < -0.39 is 16.0 Å². The van der Waals surface area contributed by atoms with Crippen LogP contribution in [0.1, 0.15) is 29.3 Å². The number of ether oxygens (including phenoxy) is 2. The van der Waals surface area contributed by atoms with Crippen molar-refractivity contribution in [2.45, 2.75) is 24.7 Å². The number of aryl methyl sites for hydroxylation is 1. The number of primary sulfonamides is 1. The van der Waals surface area contributed by atoms with Crippen molar-refractivity contribution in [3.63, 3.8) is 0 Å². The van der Waals surface area contributed by atoms with E-state index in [1.807, 2.05) is 6.92 Å². The fourth-order valence-electron chi connectivity index (χ4n) is 2.22. The maximum absolute atomic E-state index is 12.2. The lowest BCUT2D eigenvalue weighted by molar-refractivity contribution is 0.0426. The molecule has 0 aromatic heterocycles. The molecule has 0 spiro atoms. The molecular weight excluding hydrogens is 294 g/mol. The van der Waals surface area contributed by atoms with Gasteiger partial charge >= 0.3 is 5.97 Å². The first-order valence-corrected chi connectivity index (χ1v) is 8.37. The van der Waals surface area contributed by atoms with Crippen LogP contribution in [-0.4, -0.2) is 34.2 Å². The highest BCUT2D eigenvalue weighted by Crippen LogP contribution is 2.19. The fraction of sp³-hybridized carbons (Fsp3) is 0.500. The van der Waals surface area contributed by atoms with Crippen molar-refractivity contribution in [1.29, 1.82) is 0 Å². The Labute approximate surface area is 124 Å². The summed E-state index contributed by atoms with van der Waals surface area (Å²) in [4.78, 5) is 12.1.